The van der Waals surface area contributed by atoms with E-state index in [-0.39, 0.29) is 0 Å². The van der Waals surface area contributed by atoms with E-state index in [1.165, 1.54) is 5.56 Å². The molecule has 2 heteroatoms. The maximum atomic E-state index is 5.89. The van der Waals surface area contributed by atoms with Crippen LogP contribution in [-0.4, -0.2) is 0 Å². The van der Waals surface area contributed by atoms with Crippen molar-refractivity contribution in [1.29, 1.82) is 0 Å². The molecule has 0 aliphatic heterocycles. The molecule has 1 aromatic heterocycles. The van der Waals surface area contributed by atoms with Crippen LogP contribution in [0.4, 0.5) is 0 Å². The minimum absolute atomic E-state index is 0.302. The first-order valence-corrected chi connectivity index (χ1v) is 7.25. The highest BCUT2D eigenvalue weighted by Gasteiger charge is 2.07. The first kappa shape index (κ1) is 13.7. The Morgan fingerprint density at radius 2 is 1.52 bits per heavy atom. The Bertz CT molecular complexity index is 673. The van der Waals surface area contributed by atoms with E-state index in [4.69, 9.17) is 4.42 Å². The average molecular weight is 277 g/mol. The summed E-state index contributed by atoms with van der Waals surface area (Å²) in [7, 11) is 0. The monoisotopic (exact) mass is 277 g/mol. The third-order valence-corrected chi connectivity index (χ3v) is 3.60. The molecule has 0 unspecified atom stereocenters. The fourth-order valence-electron chi connectivity index (χ4n) is 2.34. The Labute approximate surface area is 125 Å². The Kier molecular flexibility index (Phi) is 4.17. The third-order valence-electron chi connectivity index (χ3n) is 3.60. The fourth-order valence-corrected chi connectivity index (χ4v) is 2.34. The van der Waals surface area contributed by atoms with E-state index in [0.717, 1.165) is 23.6 Å². The van der Waals surface area contributed by atoms with E-state index in [2.05, 4.69) is 48.6 Å². The molecule has 106 valence electrons. The molecule has 0 bridgehead atoms. The van der Waals surface area contributed by atoms with E-state index >= 15 is 0 Å². The zero-order valence-corrected chi connectivity index (χ0v) is 12.1. The molecule has 1 heterocycles. The molecule has 3 rings (SSSR count). The highest BCUT2D eigenvalue weighted by molar-refractivity contribution is 5.57. The first-order valence-electron chi connectivity index (χ1n) is 7.25. The molecular formula is C19H19NO. The van der Waals surface area contributed by atoms with Crippen LogP contribution in [-0.2, 0) is 6.54 Å². The molecule has 21 heavy (non-hydrogen) atoms. The van der Waals surface area contributed by atoms with Crippen molar-refractivity contribution in [2.45, 2.75) is 19.5 Å². The summed E-state index contributed by atoms with van der Waals surface area (Å²) in [6.45, 7) is 2.89. The summed E-state index contributed by atoms with van der Waals surface area (Å²) in [5.41, 5.74) is 2.40. The van der Waals surface area contributed by atoms with E-state index in [1.807, 2.05) is 36.4 Å². The maximum absolute atomic E-state index is 5.89. The van der Waals surface area contributed by atoms with Crippen LogP contribution in [0.15, 0.2) is 77.2 Å². The fraction of sp³-hybridized carbons (Fsp3) is 0.158. The quantitative estimate of drug-likeness (QED) is 0.725. The highest BCUT2D eigenvalue weighted by Crippen LogP contribution is 2.22. The van der Waals surface area contributed by atoms with Gasteiger partial charge in [-0.3, -0.25) is 0 Å². The minimum Gasteiger partial charge on any atom is -0.460 e. The van der Waals surface area contributed by atoms with Crippen molar-refractivity contribution in [1.82, 2.24) is 5.32 Å². The van der Waals surface area contributed by atoms with Crippen LogP contribution >= 0.6 is 0 Å². The largest absolute Gasteiger partial charge is 0.460 e. The van der Waals surface area contributed by atoms with Gasteiger partial charge in [0, 0.05) is 11.6 Å². The third kappa shape index (κ3) is 3.41. The van der Waals surface area contributed by atoms with Crippen LogP contribution in [0.5, 0.6) is 0 Å². The zero-order valence-electron chi connectivity index (χ0n) is 12.1. The summed E-state index contributed by atoms with van der Waals surface area (Å²) in [4.78, 5) is 0. The molecule has 3 aromatic rings. The number of hydrogen-bond acceptors (Lipinski definition) is 2. The van der Waals surface area contributed by atoms with Gasteiger partial charge in [0.2, 0.25) is 0 Å². The van der Waals surface area contributed by atoms with Crippen LogP contribution in [0, 0.1) is 0 Å². The van der Waals surface area contributed by atoms with Gasteiger partial charge in [0.05, 0.1) is 6.54 Å². The van der Waals surface area contributed by atoms with Crippen LogP contribution in [0.2, 0.25) is 0 Å². The summed E-state index contributed by atoms with van der Waals surface area (Å²) in [5.74, 6) is 1.87. The summed E-state index contributed by atoms with van der Waals surface area (Å²) in [6, 6.07) is 25.0. The maximum Gasteiger partial charge on any atom is 0.134 e. The van der Waals surface area contributed by atoms with Crippen molar-refractivity contribution in [3.8, 4) is 11.3 Å². The summed E-state index contributed by atoms with van der Waals surface area (Å²) in [6.07, 6.45) is 0. The topological polar surface area (TPSA) is 25.2 Å². The normalized spacial score (nSPS) is 12.2. The van der Waals surface area contributed by atoms with Crippen molar-refractivity contribution < 1.29 is 4.42 Å². The number of furan rings is 1. The van der Waals surface area contributed by atoms with Crippen LogP contribution in [0.1, 0.15) is 24.3 Å². The van der Waals surface area contributed by atoms with Crippen LogP contribution in [0.25, 0.3) is 11.3 Å². The molecule has 0 spiro atoms. The van der Waals surface area contributed by atoms with Gasteiger partial charge in [-0.1, -0.05) is 60.7 Å². The van der Waals surface area contributed by atoms with Crippen molar-refractivity contribution in [3.05, 3.63) is 84.1 Å². The van der Waals surface area contributed by atoms with Gasteiger partial charge < -0.3 is 9.73 Å². The molecule has 0 aliphatic carbocycles. The van der Waals surface area contributed by atoms with Gasteiger partial charge >= 0.3 is 0 Å². The predicted octanol–water partition coefficient (Wildman–Crippen LogP) is 4.80. The van der Waals surface area contributed by atoms with Gasteiger partial charge in [0.1, 0.15) is 11.5 Å². The van der Waals surface area contributed by atoms with Gasteiger partial charge in [-0.15, -0.1) is 0 Å². The number of rotatable bonds is 5. The van der Waals surface area contributed by atoms with E-state index < -0.39 is 0 Å². The molecule has 0 fully saturated rings. The summed E-state index contributed by atoms with van der Waals surface area (Å²) in [5, 5.41) is 3.49. The zero-order chi connectivity index (χ0) is 14.5. The predicted molar refractivity (Wildman–Crippen MR) is 85.8 cm³/mol. The van der Waals surface area contributed by atoms with Crippen LogP contribution < -0.4 is 5.32 Å². The lowest BCUT2D eigenvalue weighted by molar-refractivity contribution is 0.468. The van der Waals surface area contributed by atoms with Gasteiger partial charge in [-0.2, -0.15) is 0 Å². The molecule has 2 aromatic carbocycles. The number of benzene rings is 2. The number of hydrogen-bond donors (Lipinski definition) is 1. The molecule has 0 saturated carbocycles. The second kappa shape index (κ2) is 6.42. The molecular weight excluding hydrogens is 258 g/mol. The highest BCUT2D eigenvalue weighted by atomic mass is 16.3. The lowest BCUT2D eigenvalue weighted by Gasteiger charge is -2.12. The van der Waals surface area contributed by atoms with Crippen molar-refractivity contribution in [2.24, 2.45) is 0 Å². The Morgan fingerprint density at radius 1 is 0.857 bits per heavy atom. The molecule has 0 radical (unpaired) electrons. The Balaban J connectivity index is 1.63. The summed E-state index contributed by atoms with van der Waals surface area (Å²) < 4.78 is 5.89. The molecule has 1 N–H and O–H groups in total. The van der Waals surface area contributed by atoms with Gasteiger partial charge in [-0.05, 0) is 24.6 Å². The second-order valence-electron chi connectivity index (χ2n) is 5.15. The van der Waals surface area contributed by atoms with Crippen molar-refractivity contribution in [3.63, 3.8) is 0 Å². The first-order chi connectivity index (χ1) is 10.3. The van der Waals surface area contributed by atoms with E-state index in [0.29, 0.717) is 6.04 Å². The van der Waals surface area contributed by atoms with E-state index in [9.17, 15) is 0 Å². The lowest BCUT2D eigenvalue weighted by Crippen LogP contribution is -2.17. The van der Waals surface area contributed by atoms with Crippen LogP contribution in [0.3, 0.4) is 0 Å². The van der Waals surface area contributed by atoms with Gasteiger partial charge in [0.15, 0.2) is 0 Å². The second-order valence-corrected chi connectivity index (χ2v) is 5.15. The average Bonchev–Trinajstić information content (AvgIpc) is 3.03. The SMILES string of the molecule is C[C@H](NCc1ccc(-c2ccccc2)o1)c1ccccc1. The van der Waals surface area contributed by atoms with Crippen molar-refractivity contribution in [2.75, 3.05) is 0 Å². The molecule has 0 aliphatic rings. The number of nitrogens with one attached hydrogen (secondary N) is 1. The summed E-state index contributed by atoms with van der Waals surface area (Å²) >= 11 is 0. The Hall–Kier alpha value is -2.32. The van der Waals surface area contributed by atoms with Gasteiger partial charge in [-0.25, -0.2) is 0 Å². The molecule has 2 nitrogen and oxygen atoms in total. The minimum atomic E-state index is 0.302. The van der Waals surface area contributed by atoms with Gasteiger partial charge in [0.25, 0.3) is 0 Å². The lowest BCUT2D eigenvalue weighted by atomic mass is 10.1. The molecule has 0 amide bonds. The van der Waals surface area contributed by atoms with Crippen molar-refractivity contribution >= 4 is 0 Å². The smallest absolute Gasteiger partial charge is 0.134 e. The standard InChI is InChI=1S/C19H19NO/c1-15(16-8-4-2-5-9-16)20-14-18-12-13-19(21-18)17-10-6-3-7-11-17/h2-13,15,20H,14H2,1H3/t15-/m0/s1. The van der Waals surface area contributed by atoms with E-state index in [1.54, 1.807) is 0 Å². The molecule has 0 saturated heterocycles. The Morgan fingerprint density at radius 3 is 2.24 bits per heavy atom. The molecule has 1 atom stereocenters.